The van der Waals surface area contributed by atoms with Crippen molar-refractivity contribution in [1.82, 2.24) is 0 Å². The van der Waals surface area contributed by atoms with E-state index in [1.165, 1.54) is 19.6 Å². The van der Waals surface area contributed by atoms with Crippen molar-refractivity contribution in [3.8, 4) is 23.0 Å². The molecule has 0 N–H and O–H groups in total. The maximum absolute atomic E-state index is 5.41. The van der Waals surface area contributed by atoms with E-state index < -0.39 is 0 Å². The summed E-state index contributed by atoms with van der Waals surface area (Å²) in [5, 5.41) is 0. The molecule has 0 spiro atoms. The lowest BCUT2D eigenvalue weighted by molar-refractivity contribution is 0.414. The van der Waals surface area contributed by atoms with Crippen LogP contribution >= 0.6 is 70.6 Å². The number of rotatable bonds is 12. The van der Waals surface area contributed by atoms with Crippen molar-refractivity contribution in [2.75, 3.05) is 28.4 Å². The first-order valence-electron chi connectivity index (χ1n) is 13.1. The highest BCUT2D eigenvalue weighted by atomic mass is 32.2. The van der Waals surface area contributed by atoms with Crippen molar-refractivity contribution >= 4 is 70.6 Å². The third-order valence-electron chi connectivity index (χ3n) is 6.23. The number of ether oxygens (including phenoxy) is 4. The lowest BCUT2D eigenvalue weighted by Gasteiger charge is -2.39. The van der Waals surface area contributed by atoms with Crippen molar-refractivity contribution in [1.29, 1.82) is 0 Å². The van der Waals surface area contributed by atoms with Crippen LogP contribution in [0.4, 0.5) is 0 Å². The fraction of sp³-hybridized carbons (Fsp3) is 0.250. The third-order valence-corrected chi connectivity index (χ3v) is 16.5. The highest BCUT2D eigenvalue weighted by molar-refractivity contribution is 8.33. The summed E-state index contributed by atoms with van der Waals surface area (Å²) in [5.41, 5.74) is 0. The molecule has 0 amide bonds. The summed E-state index contributed by atoms with van der Waals surface area (Å²) in [6, 6.07) is 33.6. The molecule has 220 valence electrons. The molecule has 4 nitrogen and oxygen atoms in total. The van der Waals surface area contributed by atoms with Crippen LogP contribution in [0, 0.1) is 0 Å². The maximum Gasteiger partial charge on any atom is 0.118 e. The van der Waals surface area contributed by atoms with Gasteiger partial charge in [-0.3, -0.25) is 0 Å². The van der Waals surface area contributed by atoms with Crippen LogP contribution in [-0.4, -0.2) is 46.8 Å². The fourth-order valence-electron chi connectivity index (χ4n) is 4.01. The molecule has 0 saturated carbocycles. The van der Waals surface area contributed by atoms with E-state index in [9.17, 15) is 0 Å². The summed E-state index contributed by atoms with van der Waals surface area (Å²) in [5.74, 6) is 3.49. The molecule has 42 heavy (non-hydrogen) atoms. The van der Waals surface area contributed by atoms with Gasteiger partial charge in [-0.25, -0.2) is 0 Å². The average molecular weight is 673 g/mol. The molecular weight excluding hydrogens is 641 g/mol. The molecular formula is C32H32O4S6. The van der Waals surface area contributed by atoms with Gasteiger partial charge in [-0.2, -0.15) is 0 Å². The Balaban J connectivity index is 1.43. The summed E-state index contributed by atoms with van der Waals surface area (Å²) in [7, 11) is 6.83. The minimum absolute atomic E-state index is 0.318. The van der Waals surface area contributed by atoms with Gasteiger partial charge in [-0.05, 0) is 97.1 Å². The normalized spacial score (nSPS) is 20.1. The van der Waals surface area contributed by atoms with Gasteiger partial charge in [-0.15, -0.1) is 70.6 Å². The highest BCUT2D eigenvalue weighted by Crippen LogP contribution is 2.59. The van der Waals surface area contributed by atoms with Crippen LogP contribution in [0.1, 0.15) is 0 Å². The second-order valence-electron chi connectivity index (χ2n) is 8.92. The fourth-order valence-corrected chi connectivity index (χ4v) is 14.7. The van der Waals surface area contributed by atoms with Gasteiger partial charge in [0.15, 0.2) is 0 Å². The summed E-state index contributed by atoms with van der Waals surface area (Å²) in [6.45, 7) is 0. The van der Waals surface area contributed by atoms with Gasteiger partial charge in [0.2, 0.25) is 0 Å². The van der Waals surface area contributed by atoms with Gasteiger partial charge in [0.1, 0.15) is 23.0 Å². The topological polar surface area (TPSA) is 36.9 Å². The number of hydrogen-bond acceptors (Lipinski definition) is 10. The Labute approximate surface area is 274 Å². The van der Waals surface area contributed by atoms with Crippen LogP contribution < -0.4 is 18.9 Å². The molecule has 4 atom stereocenters. The van der Waals surface area contributed by atoms with E-state index in [-0.39, 0.29) is 0 Å². The van der Waals surface area contributed by atoms with E-state index in [4.69, 9.17) is 18.9 Å². The first-order chi connectivity index (χ1) is 20.6. The molecule has 4 unspecified atom stereocenters. The molecule has 1 aliphatic rings. The van der Waals surface area contributed by atoms with Crippen molar-refractivity contribution < 1.29 is 18.9 Å². The monoisotopic (exact) mass is 672 g/mol. The molecule has 1 saturated heterocycles. The Morgan fingerprint density at radius 2 is 0.548 bits per heavy atom. The Hall–Kier alpha value is -1.82. The van der Waals surface area contributed by atoms with E-state index in [0.717, 1.165) is 23.0 Å². The largest absolute Gasteiger partial charge is 0.497 e. The lowest BCUT2D eigenvalue weighted by Crippen LogP contribution is -2.30. The van der Waals surface area contributed by atoms with Crippen LogP contribution in [0.15, 0.2) is 117 Å². The molecule has 0 bridgehead atoms. The van der Waals surface area contributed by atoms with E-state index >= 15 is 0 Å². The molecule has 0 aliphatic carbocycles. The van der Waals surface area contributed by atoms with Crippen LogP contribution in [0.2, 0.25) is 0 Å². The molecule has 4 aromatic carbocycles. The quantitative estimate of drug-likeness (QED) is 0.145. The van der Waals surface area contributed by atoms with Crippen molar-refractivity contribution in [2.45, 2.75) is 37.9 Å². The lowest BCUT2D eigenvalue weighted by atomic mass is 10.3. The minimum Gasteiger partial charge on any atom is -0.497 e. The molecule has 5 rings (SSSR count). The van der Waals surface area contributed by atoms with Crippen LogP contribution in [0.3, 0.4) is 0 Å². The second-order valence-corrected chi connectivity index (χ2v) is 17.5. The zero-order valence-corrected chi connectivity index (χ0v) is 28.5. The number of hydrogen-bond donors (Lipinski definition) is 0. The molecule has 4 aromatic rings. The van der Waals surface area contributed by atoms with E-state index in [0.29, 0.717) is 18.3 Å². The van der Waals surface area contributed by atoms with Crippen LogP contribution in [0.25, 0.3) is 0 Å². The molecule has 1 aliphatic heterocycles. The summed E-state index contributed by atoms with van der Waals surface area (Å²) in [4.78, 5) is 4.96. The Kier molecular flexibility index (Phi) is 11.9. The number of methoxy groups -OCH3 is 4. The van der Waals surface area contributed by atoms with E-state index in [2.05, 4.69) is 72.1 Å². The Bertz CT molecular complexity index is 1170. The van der Waals surface area contributed by atoms with E-state index in [1.54, 1.807) is 28.4 Å². The summed E-state index contributed by atoms with van der Waals surface area (Å²) >= 11 is 11.9. The SMILES string of the molecule is COc1ccc(SC2SC(Sc3ccc(OC)cc3)C(Sc3ccc(OC)cc3)SC2Sc2ccc(OC)cc2)cc1. The van der Waals surface area contributed by atoms with Gasteiger partial charge in [0, 0.05) is 19.6 Å². The van der Waals surface area contributed by atoms with Gasteiger partial charge in [0.25, 0.3) is 0 Å². The highest BCUT2D eigenvalue weighted by Gasteiger charge is 2.41. The van der Waals surface area contributed by atoms with Crippen molar-refractivity contribution in [2.24, 2.45) is 0 Å². The standard InChI is InChI=1S/C32H32O4S6/c1-33-21-5-13-25(14-6-21)37-29-30(38-26-15-7-22(34-2)8-16-26)42-32(40-28-19-11-24(36-4)12-20-28)31(41-29)39-27-17-9-23(35-3)10-18-27/h5-20,29-32H,1-4H3. The Morgan fingerprint density at radius 3 is 0.714 bits per heavy atom. The molecule has 10 heteroatoms. The van der Waals surface area contributed by atoms with Crippen molar-refractivity contribution in [3.63, 3.8) is 0 Å². The number of benzene rings is 4. The third kappa shape index (κ3) is 8.64. The van der Waals surface area contributed by atoms with Gasteiger partial charge >= 0.3 is 0 Å². The first kappa shape index (κ1) is 31.6. The van der Waals surface area contributed by atoms with Crippen LogP contribution in [0.5, 0.6) is 23.0 Å². The predicted octanol–water partition coefficient (Wildman–Crippen LogP) is 9.97. The van der Waals surface area contributed by atoms with Gasteiger partial charge in [-0.1, -0.05) is 0 Å². The first-order valence-corrected chi connectivity index (χ1v) is 18.5. The predicted molar refractivity (Wildman–Crippen MR) is 186 cm³/mol. The molecule has 1 fully saturated rings. The van der Waals surface area contributed by atoms with Gasteiger partial charge in [0.05, 0.1) is 46.8 Å². The van der Waals surface area contributed by atoms with Gasteiger partial charge < -0.3 is 18.9 Å². The minimum atomic E-state index is 0.318. The summed E-state index contributed by atoms with van der Waals surface area (Å²) in [6.07, 6.45) is 0. The Morgan fingerprint density at radius 1 is 0.357 bits per heavy atom. The molecule has 1 heterocycles. The summed E-state index contributed by atoms with van der Waals surface area (Å²) < 4.78 is 22.9. The second kappa shape index (κ2) is 15.8. The molecule has 0 radical (unpaired) electrons. The zero-order chi connectivity index (χ0) is 29.3. The zero-order valence-electron chi connectivity index (χ0n) is 23.6. The molecule has 0 aromatic heterocycles. The average Bonchev–Trinajstić information content (AvgIpc) is 3.04. The number of thioether (sulfide) groups is 6. The maximum atomic E-state index is 5.41. The smallest absolute Gasteiger partial charge is 0.118 e. The van der Waals surface area contributed by atoms with Crippen molar-refractivity contribution in [3.05, 3.63) is 97.1 Å². The van der Waals surface area contributed by atoms with E-state index in [1.807, 2.05) is 95.6 Å². The van der Waals surface area contributed by atoms with Crippen LogP contribution in [-0.2, 0) is 0 Å².